The summed E-state index contributed by atoms with van der Waals surface area (Å²) < 4.78 is 11.2. The Morgan fingerprint density at radius 3 is 2.32 bits per heavy atom. The van der Waals surface area contributed by atoms with Gasteiger partial charge in [-0.25, -0.2) is 4.90 Å². The first-order valence-electron chi connectivity index (χ1n) is 11.2. The van der Waals surface area contributed by atoms with Crippen molar-refractivity contribution in [3.8, 4) is 11.5 Å². The molecule has 3 aromatic carbocycles. The molecule has 0 aliphatic carbocycles. The van der Waals surface area contributed by atoms with E-state index < -0.39 is 11.8 Å². The number of imide groups is 1. The standard InChI is InChI=1S/C28H28N2O4/c1-6-34-23-10-8-7-9-21(23)29-26-25(20-13-12-18(3)19(4)16-20)27(31)30(28(26)32)22-15-17(2)11-14-24(22)33-5/h7-16,29H,6H2,1-5H3. The molecule has 174 valence electrons. The molecular formula is C28H28N2O4. The van der Waals surface area contributed by atoms with Crippen molar-refractivity contribution in [2.75, 3.05) is 23.9 Å². The van der Waals surface area contributed by atoms with Crippen molar-refractivity contribution in [2.24, 2.45) is 0 Å². The van der Waals surface area contributed by atoms with E-state index in [2.05, 4.69) is 5.32 Å². The monoisotopic (exact) mass is 456 g/mol. The Labute approximate surface area is 199 Å². The van der Waals surface area contributed by atoms with Gasteiger partial charge in [0.05, 0.1) is 30.7 Å². The summed E-state index contributed by atoms with van der Waals surface area (Å²) in [7, 11) is 1.52. The molecule has 1 N–H and O–H groups in total. The molecule has 6 heteroatoms. The van der Waals surface area contributed by atoms with Crippen LogP contribution in [0.3, 0.4) is 0 Å². The maximum absolute atomic E-state index is 13.8. The van der Waals surface area contributed by atoms with Crippen LogP contribution in [0.25, 0.3) is 5.57 Å². The molecule has 0 atom stereocenters. The number of anilines is 2. The lowest BCUT2D eigenvalue weighted by atomic mass is 9.99. The first-order chi connectivity index (χ1) is 16.3. The SMILES string of the molecule is CCOc1ccccc1NC1=C(c2ccc(C)c(C)c2)C(=O)N(c2cc(C)ccc2OC)C1=O. The van der Waals surface area contributed by atoms with Crippen LogP contribution in [0.2, 0.25) is 0 Å². The zero-order chi connectivity index (χ0) is 24.4. The molecule has 0 fully saturated rings. The van der Waals surface area contributed by atoms with Gasteiger partial charge in [-0.3, -0.25) is 9.59 Å². The van der Waals surface area contributed by atoms with Gasteiger partial charge in [-0.1, -0.05) is 36.4 Å². The number of hydrogen-bond acceptors (Lipinski definition) is 5. The Bertz CT molecular complexity index is 1310. The van der Waals surface area contributed by atoms with Crippen LogP contribution in [0.5, 0.6) is 11.5 Å². The molecule has 4 rings (SSSR count). The maximum atomic E-state index is 13.8. The number of nitrogens with one attached hydrogen (secondary N) is 1. The summed E-state index contributed by atoms with van der Waals surface area (Å²) in [5.41, 5.74) is 5.25. The Morgan fingerprint density at radius 2 is 1.62 bits per heavy atom. The van der Waals surface area contributed by atoms with Crippen LogP contribution in [-0.2, 0) is 9.59 Å². The molecule has 1 heterocycles. The van der Waals surface area contributed by atoms with Gasteiger partial charge in [-0.2, -0.15) is 0 Å². The number of amides is 2. The van der Waals surface area contributed by atoms with Crippen LogP contribution in [0.4, 0.5) is 11.4 Å². The minimum atomic E-state index is -0.451. The van der Waals surface area contributed by atoms with Gasteiger partial charge in [0.15, 0.2) is 0 Å². The number of methoxy groups -OCH3 is 1. The third-order valence-corrected chi connectivity index (χ3v) is 5.90. The molecule has 0 saturated carbocycles. The molecule has 3 aromatic rings. The lowest BCUT2D eigenvalue weighted by Gasteiger charge is -2.19. The quantitative estimate of drug-likeness (QED) is 0.481. The Morgan fingerprint density at radius 1 is 0.853 bits per heavy atom. The topological polar surface area (TPSA) is 67.9 Å². The van der Waals surface area contributed by atoms with Crippen molar-refractivity contribution in [1.29, 1.82) is 0 Å². The summed E-state index contributed by atoms with van der Waals surface area (Å²) >= 11 is 0. The molecular weight excluding hydrogens is 428 g/mol. The summed E-state index contributed by atoms with van der Waals surface area (Å²) in [4.78, 5) is 28.8. The first-order valence-corrected chi connectivity index (χ1v) is 11.2. The molecule has 1 aliphatic heterocycles. The minimum Gasteiger partial charge on any atom is -0.495 e. The maximum Gasteiger partial charge on any atom is 0.282 e. The highest BCUT2D eigenvalue weighted by molar-refractivity contribution is 6.46. The lowest BCUT2D eigenvalue weighted by molar-refractivity contribution is -0.120. The van der Waals surface area contributed by atoms with Gasteiger partial charge in [0.1, 0.15) is 17.2 Å². The van der Waals surface area contributed by atoms with E-state index in [9.17, 15) is 9.59 Å². The van der Waals surface area contributed by atoms with Gasteiger partial charge in [0.2, 0.25) is 0 Å². The van der Waals surface area contributed by atoms with E-state index in [0.717, 1.165) is 16.7 Å². The molecule has 0 unspecified atom stereocenters. The van der Waals surface area contributed by atoms with Crippen molar-refractivity contribution >= 4 is 28.8 Å². The van der Waals surface area contributed by atoms with E-state index in [1.165, 1.54) is 12.0 Å². The Hall–Kier alpha value is -4.06. The highest BCUT2D eigenvalue weighted by Gasteiger charge is 2.41. The van der Waals surface area contributed by atoms with Crippen molar-refractivity contribution in [3.63, 3.8) is 0 Å². The molecule has 0 spiro atoms. The first kappa shape index (κ1) is 23.1. The molecule has 0 bridgehead atoms. The molecule has 0 saturated heterocycles. The van der Waals surface area contributed by atoms with Gasteiger partial charge in [0.25, 0.3) is 11.8 Å². The fourth-order valence-corrected chi connectivity index (χ4v) is 3.99. The van der Waals surface area contributed by atoms with Crippen molar-refractivity contribution in [2.45, 2.75) is 27.7 Å². The van der Waals surface area contributed by atoms with E-state index in [1.807, 2.05) is 76.2 Å². The zero-order valence-electron chi connectivity index (χ0n) is 20.1. The second-order valence-electron chi connectivity index (χ2n) is 8.22. The minimum absolute atomic E-state index is 0.198. The summed E-state index contributed by atoms with van der Waals surface area (Å²) in [5.74, 6) is 0.188. The summed E-state index contributed by atoms with van der Waals surface area (Å²) in [6, 6.07) is 18.5. The van der Waals surface area contributed by atoms with Gasteiger partial charge in [-0.05, 0) is 74.2 Å². The molecule has 2 amide bonds. The molecule has 6 nitrogen and oxygen atoms in total. The number of carbonyl (C=O) groups is 2. The number of para-hydroxylation sites is 2. The Kier molecular flexibility index (Phi) is 6.41. The van der Waals surface area contributed by atoms with Gasteiger partial charge < -0.3 is 14.8 Å². The zero-order valence-corrected chi connectivity index (χ0v) is 20.1. The fourth-order valence-electron chi connectivity index (χ4n) is 3.99. The smallest absolute Gasteiger partial charge is 0.282 e. The van der Waals surface area contributed by atoms with E-state index in [1.54, 1.807) is 12.1 Å². The number of benzene rings is 3. The van der Waals surface area contributed by atoms with Gasteiger partial charge in [0, 0.05) is 0 Å². The van der Waals surface area contributed by atoms with Gasteiger partial charge >= 0.3 is 0 Å². The van der Waals surface area contributed by atoms with Crippen molar-refractivity contribution in [3.05, 3.63) is 88.6 Å². The number of aryl methyl sites for hydroxylation is 3. The van der Waals surface area contributed by atoms with Crippen LogP contribution < -0.4 is 19.7 Å². The second-order valence-corrected chi connectivity index (χ2v) is 8.22. The number of carbonyl (C=O) groups excluding carboxylic acids is 2. The Balaban J connectivity index is 1.89. The van der Waals surface area contributed by atoms with E-state index in [4.69, 9.17) is 9.47 Å². The molecule has 0 aromatic heterocycles. The van der Waals surface area contributed by atoms with Crippen LogP contribution in [-0.4, -0.2) is 25.5 Å². The van der Waals surface area contributed by atoms with Crippen molar-refractivity contribution < 1.29 is 19.1 Å². The number of hydrogen-bond donors (Lipinski definition) is 1. The lowest BCUT2D eigenvalue weighted by Crippen LogP contribution is -2.32. The highest BCUT2D eigenvalue weighted by atomic mass is 16.5. The van der Waals surface area contributed by atoms with Crippen LogP contribution >= 0.6 is 0 Å². The van der Waals surface area contributed by atoms with Gasteiger partial charge in [-0.15, -0.1) is 0 Å². The second kappa shape index (κ2) is 9.43. The van der Waals surface area contributed by atoms with Crippen LogP contribution in [0.15, 0.2) is 66.4 Å². The van der Waals surface area contributed by atoms with Crippen LogP contribution in [0, 0.1) is 20.8 Å². The average molecular weight is 457 g/mol. The number of ether oxygens (including phenoxy) is 2. The van der Waals surface area contributed by atoms with E-state index >= 15 is 0 Å². The van der Waals surface area contributed by atoms with Crippen LogP contribution in [0.1, 0.15) is 29.2 Å². The normalized spacial score (nSPS) is 13.5. The molecule has 34 heavy (non-hydrogen) atoms. The van der Waals surface area contributed by atoms with E-state index in [0.29, 0.717) is 40.6 Å². The fraction of sp³-hybridized carbons (Fsp3) is 0.214. The summed E-state index contributed by atoms with van der Waals surface area (Å²) in [6.07, 6.45) is 0. The summed E-state index contributed by atoms with van der Waals surface area (Å²) in [6.45, 7) is 8.27. The average Bonchev–Trinajstić information content (AvgIpc) is 3.06. The van der Waals surface area contributed by atoms with E-state index in [-0.39, 0.29) is 5.70 Å². The number of nitrogens with zero attached hydrogens (tertiary/aromatic N) is 1. The van der Waals surface area contributed by atoms with Crippen molar-refractivity contribution in [1.82, 2.24) is 0 Å². The third kappa shape index (κ3) is 4.15. The predicted octanol–water partition coefficient (Wildman–Crippen LogP) is 5.42. The highest BCUT2D eigenvalue weighted by Crippen LogP contribution is 2.39. The largest absolute Gasteiger partial charge is 0.495 e. The summed E-state index contributed by atoms with van der Waals surface area (Å²) in [5, 5.41) is 3.21. The third-order valence-electron chi connectivity index (χ3n) is 5.90. The molecule has 0 radical (unpaired) electrons. The molecule has 1 aliphatic rings. The predicted molar refractivity (Wildman–Crippen MR) is 134 cm³/mol. The number of rotatable bonds is 7.